The fraction of sp³-hybridized carbons (Fsp3) is 0.522. The molecule has 3 aromatic rings. The number of alkyl halides is 1. The predicted octanol–water partition coefficient (Wildman–Crippen LogP) is 1.48. The molecule has 2 N–H and O–H groups in total. The molecule has 0 spiro atoms. The van der Waals surface area contributed by atoms with Gasteiger partial charge in [-0.1, -0.05) is 6.58 Å². The van der Waals surface area contributed by atoms with E-state index in [0.29, 0.717) is 29.0 Å². The van der Waals surface area contributed by atoms with Gasteiger partial charge in [-0.05, 0) is 46.0 Å². The van der Waals surface area contributed by atoms with Crippen molar-refractivity contribution in [2.24, 2.45) is 0 Å². The molecule has 2 fully saturated rings. The third kappa shape index (κ3) is 4.57. The van der Waals surface area contributed by atoms with Gasteiger partial charge >= 0.3 is 0 Å². The number of rotatable bonds is 7. The molecular weight excluding hydrogens is 467 g/mol. The molecule has 0 radical (unpaired) electrons. The lowest BCUT2D eigenvalue weighted by Gasteiger charge is -2.28. The van der Waals surface area contributed by atoms with Crippen LogP contribution in [0.5, 0.6) is 5.88 Å². The van der Waals surface area contributed by atoms with Crippen LogP contribution in [0.2, 0.25) is 0 Å². The topological polar surface area (TPSA) is 118 Å². The Bertz CT molecular complexity index is 1270. The van der Waals surface area contributed by atoms with E-state index in [0.717, 1.165) is 37.7 Å². The molecular formula is C23H31FN10O2. The van der Waals surface area contributed by atoms with Gasteiger partial charge in [-0.25, -0.2) is 13.9 Å². The number of nitrogens with one attached hydrogen (secondary N) is 2. The second kappa shape index (κ2) is 9.72. The van der Waals surface area contributed by atoms with Gasteiger partial charge in [0.15, 0.2) is 11.5 Å². The van der Waals surface area contributed by atoms with Gasteiger partial charge in [0.1, 0.15) is 11.9 Å². The summed E-state index contributed by atoms with van der Waals surface area (Å²) in [5, 5.41) is 15.2. The van der Waals surface area contributed by atoms with Gasteiger partial charge in [0.25, 0.3) is 5.88 Å². The third-order valence-corrected chi connectivity index (χ3v) is 6.77. The van der Waals surface area contributed by atoms with Crippen molar-refractivity contribution in [1.82, 2.24) is 39.6 Å². The Balaban J connectivity index is 1.44. The standard InChI is InChI=1S/C23H31FN10O2/c1-5-19(35)26-17-12-32(11-16(17)24)23-28-20(21-25-10-14(2)34(21)30-23)27-18-13-33(29-22(18)36-4)15-6-8-31(3)9-7-15/h5,10,13,15-17H,1,6-9,11-12H2,2-4H3,(H,26,35)(H,27,28,30). The molecule has 0 aromatic carbocycles. The quantitative estimate of drug-likeness (QED) is 0.467. The highest BCUT2D eigenvalue weighted by Crippen LogP contribution is 2.32. The highest BCUT2D eigenvalue weighted by atomic mass is 19.1. The average molecular weight is 499 g/mol. The van der Waals surface area contributed by atoms with Gasteiger partial charge in [0.05, 0.1) is 43.8 Å². The molecule has 3 aromatic heterocycles. The molecule has 2 atom stereocenters. The molecule has 0 aliphatic carbocycles. The molecule has 1 amide bonds. The average Bonchev–Trinajstić information content (AvgIpc) is 3.57. The van der Waals surface area contributed by atoms with E-state index in [1.807, 2.05) is 17.8 Å². The van der Waals surface area contributed by atoms with Crippen LogP contribution in [0.3, 0.4) is 0 Å². The monoisotopic (exact) mass is 498 g/mol. The normalized spacial score (nSPS) is 21.2. The molecule has 0 saturated carbocycles. The van der Waals surface area contributed by atoms with Crippen LogP contribution in [0.15, 0.2) is 25.0 Å². The van der Waals surface area contributed by atoms with Crippen LogP contribution in [0.1, 0.15) is 24.6 Å². The summed E-state index contributed by atoms with van der Waals surface area (Å²) in [6, 6.07) is -0.392. The number of hydrogen-bond donors (Lipinski definition) is 2. The zero-order chi connectivity index (χ0) is 25.4. The van der Waals surface area contributed by atoms with E-state index in [2.05, 4.69) is 49.3 Å². The van der Waals surface area contributed by atoms with Crippen molar-refractivity contribution in [3.63, 3.8) is 0 Å². The van der Waals surface area contributed by atoms with Gasteiger partial charge in [-0.2, -0.15) is 4.98 Å². The van der Waals surface area contributed by atoms with E-state index in [4.69, 9.17) is 4.74 Å². The lowest BCUT2D eigenvalue weighted by Crippen LogP contribution is -2.40. The van der Waals surface area contributed by atoms with Crippen molar-refractivity contribution >= 4 is 29.0 Å². The maximum absolute atomic E-state index is 14.7. The molecule has 2 unspecified atom stereocenters. The van der Waals surface area contributed by atoms with E-state index in [9.17, 15) is 9.18 Å². The summed E-state index contributed by atoms with van der Waals surface area (Å²) in [7, 11) is 3.70. The molecule has 13 heteroatoms. The van der Waals surface area contributed by atoms with Crippen molar-refractivity contribution in [3.05, 3.63) is 30.7 Å². The summed E-state index contributed by atoms with van der Waals surface area (Å²) in [4.78, 5) is 24.9. The molecule has 2 aliphatic heterocycles. The number of methoxy groups -OCH3 is 1. The fourth-order valence-corrected chi connectivity index (χ4v) is 4.69. The number of carbonyl (C=O) groups is 1. The minimum absolute atomic E-state index is 0.0537. The maximum atomic E-state index is 14.7. The molecule has 36 heavy (non-hydrogen) atoms. The van der Waals surface area contributed by atoms with Crippen LogP contribution in [0.4, 0.5) is 21.8 Å². The van der Waals surface area contributed by atoms with Crippen molar-refractivity contribution < 1.29 is 13.9 Å². The number of ether oxygens (including phenoxy) is 1. The van der Waals surface area contributed by atoms with Crippen molar-refractivity contribution in [3.8, 4) is 5.88 Å². The lowest BCUT2D eigenvalue weighted by atomic mass is 10.1. The Morgan fingerprint density at radius 3 is 2.78 bits per heavy atom. The summed E-state index contributed by atoms with van der Waals surface area (Å²) in [6.07, 6.45) is 5.51. The van der Waals surface area contributed by atoms with E-state index in [1.165, 1.54) is 0 Å². The molecule has 2 aliphatic rings. The molecule has 2 saturated heterocycles. The summed E-state index contributed by atoms with van der Waals surface area (Å²) < 4.78 is 23.9. The number of imidazole rings is 1. The molecule has 0 bridgehead atoms. The van der Waals surface area contributed by atoms with E-state index >= 15 is 0 Å². The van der Waals surface area contributed by atoms with Crippen molar-refractivity contribution in [2.45, 2.75) is 38.0 Å². The van der Waals surface area contributed by atoms with Crippen molar-refractivity contribution in [1.29, 1.82) is 0 Å². The molecule has 192 valence electrons. The highest BCUT2D eigenvalue weighted by Gasteiger charge is 2.35. The van der Waals surface area contributed by atoms with E-state index in [-0.39, 0.29) is 19.1 Å². The number of piperidine rings is 1. The zero-order valence-electron chi connectivity index (χ0n) is 20.7. The second-order valence-electron chi connectivity index (χ2n) is 9.33. The zero-order valence-corrected chi connectivity index (χ0v) is 20.7. The summed E-state index contributed by atoms with van der Waals surface area (Å²) >= 11 is 0. The summed E-state index contributed by atoms with van der Waals surface area (Å²) in [6.45, 7) is 7.63. The Kier molecular flexibility index (Phi) is 6.48. The predicted molar refractivity (Wildman–Crippen MR) is 133 cm³/mol. The molecule has 5 heterocycles. The van der Waals surface area contributed by atoms with E-state index < -0.39 is 18.1 Å². The number of anilines is 3. The van der Waals surface area contributed by atoms with E-state index in [1.54, 1.807) is 22.7 Å². The highest BCUT2D eigenvalue weighted by molar-refractivity contribution is 5.87. The number of carbonyl (C=O) groups excluding carboxylic acids is 1. The van der Waals surface area contributed by atoms with Crippen LogP contribution in [-0.4, -0.2) is 92.7 Å². The molecule has 12 nitrogen and oxygen atoms in total. The van der Waals surface area contributed by atoms with Crippen LogP contribution in [-0.2, 0) is 4.79 Å². The Labute approximate surface area is 208 Å². The maximum Gasteiger partial charge on any atom is 0.256 e. The summed E-state index contributed by atoms with van der Waals surface area (Å²) in [5.41, 5.74) is 1.99. The van der Waals surface area contributed by atoms with Gasteiger partial charge in [-0.15, -0.1) is 10.2 Å². The van der Waals surface area contributed by atoms with Gasteiger partial charge < -0.3 is 25.2 Å². The number of amides is 1. The number of nitrogens with zero attached hydrogens (tertiary/aromatic N) is 8. The Morgan fingerprint density at radius 2 is 2.06 bits per heavy atom. The number of fused-ring (bicyclic) bond motifs is 1. The number of aromatic nitrogens is 6. The minimum atomic E-state index is -1.26. The van der Waals surface area contributed by atoms with Crippen LogP contribution < -0.4 is 20.3 Å². The Morgan fingerprint density at radius 1 is 1.28 bits per heavy atom. The molecule has 5 rings (SSSR count). The number of hydrogen-bond acceptors (Lipinski definition) is 9. The first kappa shape index (κ1) is 24.0. The SMILES string of the molecule is C=CC(=O)NC1CN(c2nc(Nc3cn(C4CCN(C)CC4)nc3OC)c3ncc(C)n3n2)CC1F. The fourth-order valence-electron chi connectivity index (χ4n) is 4.69. The van der Waals surface area contributed by atoms with Crippen LogP contribution >= 0.6 is 0 Å². The second-order valence-corrected chi connectivity index (χ2v) is 9.33. The van der Waals surface area contributed by atoms with Gasteiger partial charge in [0.2, 0.25) is 11.9 Å². The third-order valence-electron chi connectivity index (χ3n) is 6.77. The number of likely N-dealkylation sites (tertiary alicyclic amines) is 1. The smallest absolute Gasteiger partial charge is 0.256 e. The van der Waals surface area contributed by atoms with Crippen LogP contribution in [0.25, 0.3) is 5.65 Å². The van der Waals surface area contributed by atoms with Crippen LogP contribution in [0, 0.1) is 6.92 Å². The first-order valence-corrected chi connectivity index (χ1v) is 12.0. The first-order chi connectivity index (χ1) is 17.4. The lowest BCUT2D eigenvalue weighted by molar-refractivity contribution is -0.117. The largest absolute Gasteiger partial charge is 0.478 e. The van der Waals surface area contributed by atoms with Crippen molar-refractivity contribution in [2.75, 3.05) is 50.6 Å². The Hall–Kier alpha value is -3.74. The first-order valence-electron chi connectivity index (χ1n) is 12.0. The summed E-state index contributed by atoms with van der Waals surface area (Å²) in [5.74, 6) is 0.809. The minimum Gasteiger partial charge on any atom is -0.478 e. The van der Waals surface area contributed by atoms with Gasteiger partial charge in [0, 0.05) is 6.54 Å². The number of aryl methyl sites for hydroxylation is 1. The number of halogens is 1. The van der Waals surface area contributed by atoms with Gasteiger partial charge in [-0.3, -0.25) is 9.48 Å².